The predicted molar refractivity (Wildman–Crippen MR) is 101 cm³/mol. The Kier molecular flexibility index (Phi) is 8.71. The lowest BCUT2D eigenvalue weighted by Gasteiger charge is -2.20. The third-order valence-electron chi connectivity index (χ3n) is 3.50. The van der Waals surface area contributed by atoms with Crippen molar-refractivity contribution in [3.8, 4) is 0 Å². The van der Waals surface area contributed by atoms with Gasteiger partial charge in [-0.1, -0.05) is 23.7 Å². The standard InChI is InChI=1S/C17H23ClN2O6S/c1-4-19-15(21)11(2)26-17(23)14(9-10-27(3,24)25)20-16(22)12-7-5-6-8-13(12)18/h5-8,11,14H,4,9-10H2,1-3H3,(H,19,21)(H,20,22)/t11-,14+/m0/s1. The highest BCUT2D eigenvalue weighted by Gasteiger charge is 2.28. The van der Waals surface area contributed by atoms with E-state index in [2.05, 4.69) is 10.6 Å². The van der Waals surface area contributed by atoms with Crippen molar-refractivity contribution < 1.29 is 27.5 Å². The van der Waals surface area contributed by atoms with Gasteiger partial charge in [0.1, 0.15) is 15.9 Å². The second kappa shape index (κ2) is 10.3. The van der Waals surface area contributed by atoms with Gasteiger partial charge in [-0.3, -0.25) is 9.59 Å². The first-order valence-corrected chi connectivity index (χ1v) is 10.7. The van der Waals surface area contributed by atoms with E-state index in [1.165, 1.54) is 19.1 Å². The lowest BCUT2D eigenvalue weighted by atomic mass is 10.1. The Morgan fingerprint density at radius 2 is 1.85 bits per heavy atom. The summed E-state index contributed by atoms with van der Waals surface area (Å²) in [5.74, 6) is -2.39. The zero-order chi connectivity index (χ0) is 20.6. The molecule has 0 saturated carbocycles. The molecular formula is C17H23ClN2O6S. The lowest BCUT2D eigenvalue weighted by Crippen LogP contribution is -2.46. The number of hydrogen-bond donors (Lipinski definition) is 2. The monoisotopic (exact) mass is 418 g/mol. The van der Waals surface area contributed by atoms with Crippen LogP contribution < -0.4 is 10.6 Å². The van der Waals surface area contributed by atoms with E-state index in [9.17, 15) is 22.8 Å². The number of carbonyl (C=O) groups excluding carboxylic acids is 3. The molecule has 0 heterocycles. The van der Waals surface area contributed by atoms with Gasteiger partial charge in [0.2, 0.25) is 0 Å². The Morgan fingerprint density at radius 1 is 1.22 bits per heavy atom. The Hall–Kier alpha value is -2.13. The molecule has 2 N–H and O–H groups in total. The van der Waals surface area contributed by atoms with E-state index in [0.29, 0.717) is 6.54 Å². The summed E-state index contributed by atoms with van der Waals surface area (Å²) in [5, 5.41) is 5.11. The number of likely N-dealkylation sites (N-methyl/N-ethyl adjacent to an activating group) is 1. The maximum Gasteiger partial charge on any atom is 0.329 e. The molecule has 2 amide bonds. The smallest absolute Gasteiger partial charge is 0.329 e. The van der Waals surface area contributed by atoms with Gasteiger partial charge < -0.3 is 15.4 Å². The quantitative estimate of drug-likeness (QED) is 0.576. The van der Waals surface area contributed by atoms with Crippen LogP contribution in [0.3, 0.4) is 0 Å². The molecule has 8 nitrogen and oxygen atoms in total. The highest BCUT2D eigenvalue weighted by Crippen LogP contribution is 2.15. The molecule has 2 atom stereocenters. The van der Waals surface area contributed by atoms with Crippen molar-refractivity contribution in [1.29, 1.82) is 0 Å². The number of halogens is 1. The summed E-state index contributed by atoms with van der Waals surface area (Å²) >= 11 is 5.97. The third kappa shape index (κ3) is 7.96. The van der Waals surface area contributed by atoms with E-state index in [0.717, 1.165) is 6.26 Å². The molecule has 0 aromatic heterocycles. The molecule has 27 heavy (non-hydrogen) atoms. The number of rotatable bonds is 9. The van der Waals surface area contributed by atoms with Crippen molar-refractivity contribution >= 4 is 39.2 Å². The van der Waals surface area contributed by atoms with E-state index in [4.69, 9.17) is 16.3 Å². The van der Waals surface area contributed by atoms with Crippen molar-refractivity contribution in [2.75, 3.05) is 18.6 Å². The van der Waals surface area contributed by atoms with Crippen molar-refractivity contribution in [2.24, 2.45) is 0 Å². The topological polar surface area (TPSA) is 119 Å². The molecule has 0 bridgehead atoms. The third-order valence-corrected chi connectivity index (χ3v) is 4.81. The second-order valence-corrected chi connectivity index (χ2v) is 8.57. The van der Waals surface area contributed by atoms with Crippen LogP contribution in [0, 0.1) is 0 Å². The predicted octanol–water partition coefficient (Wildman–Crippen LogP) is 0.941. The Bertz CT molecular complexity index is 796. The maximum absolute atomic E-state index is 12.4. The molecule has 0 fully saturated rings. The Balaban J connectivity index is 2.92. The molecule has 0 radical (unpaired) electrons. The Morgan fingerprint density at radius 3 is 2.41 bits per heavy atom. The van der Waals surface area contributed by atoms with Crippen LogP contribution in [0.1, 0.15) is 30.6 Å². The number of esters is 1. The molecular weight excluding hydrogens is 396 g/mol. The molecule has 1 rings (SSSR count). The van der Waals surface area contributed by atoms with Crippen molar-refractivity contribution in [3.05, 3.63) is 34.9 Å². The zero-order valence-electron chi connectivity index (χ0n) is 15.3. The minimum Gasteiger partial charge on any atom is -0.451 e. The number of carbonyl (C=O) groups is 3. The summed E-state index contributed by atoms with van der Waals surface area (Å²) in [5.41, 5.74) is 0.132. The highest BCUT2D eigenvalue weighted by molar-refractivity contribution is 7.90. The number of nitrogens with one attached hydrogen (secondary N) is 2. The average Bonchev–Trinajstić information content (AvgIpc) is 2.57. The normalized spacial score (nSPS) is 13.3. The van der Waals surface area contributed by atoms with Crippen molar-refractivity contribution in [3.63, 3.8) is 0 Å². The van der Waals surface area contributed by atoms with Gasteiger partial charge in [0, 0.05) is 12.8 Å². The summed E-state index contributed by atoms with van der Waals surface area (Å²) in [6, 6.07) is 4.97. The van der Waals surface area contributed by atoms with Gasteiger partial charge >= 0.3 is 5.97 Å². The van der Waals surface area contributed by atoms with Crippen LogP contribution >= 0.6 is 11.6 Å². The average molecular weight is 419 g/mol. The van der Waals surface area contributed by atoms with Crippen LogP contribution in [0.4, 0.5) is 0 Å². The van der Waals surface area contributed by atoms with Crippen LogP contribution in [0.2, 0.25) is 5.02 Å². The summed E-state index contributed by atoms with van der Waals surface area (Å²) in [6.07, 6.45) is -0.270. The van der Waals surface area contributed by atoms with Gasteiger partial charge in [-0.2, -0.15) is 0 Å². The Labute approximate surface area is 163 Å². The van der Waals surface area contributed by atoms with Crippen LogP contribution in [-0.2, 0) is 24.2 Å². The molecule has 0 aliphatic carbocycles. The highest BCUT2D eigenvalue weighted by atomic mass is 35.5. The molecule has 1 aromatic carbocycles. The molecule has 0 unspecified atom stereocenters. The van der Waals surface area contributed by atoms with Crippen LogP contribution in [0.5, 0.6) is 0 Å². The summed E-state index contributed by atoms with van der Waals surface area (Å²) in [4.78, 5) is 36.5. The van der Waals surface area contributed by atoms with Crippen LogP contribution in [0.15, 0.2) is 24.3 Å². The summed E-state index contributed by atoms with van der Waals surface area (Å²) in [6.45, 7) is 3.46. The van der Waals surface area contributed by atoms with Gasteiger partial charge in [-0.15, -0.1) is 0 Å². The first-order chi connectivity index (χ1) is 12.5. The SMILES string of the molecule is CCNC(=O)[C@H](C)OC(=O)[C@@H](CCS(C)(=O)=O)NC(=O)c1ccccc1Cl. The second-order valence-electron chi connectivity index (χ2n) is 5.90. The molecule has 0 spiro atoms. The molecule has 10 heteroatoms. The minimum atomic E-state index is -3.38. The fourth-order valence-corrected chi connectivity index (χ4v) is 2.98. The van der Waals surface area contributed by atoms with Gasteiger partial charge in [-0.05, 0) is 32.4 Å². The van der Waals surface area contributed by atoms with E-state index >= 15 is 0 Å². The van der Waals surface area contributed by atoms with E-state index in [1.807, 2.05) is 0 Å². The number of sulfone groups is 1. The number of ether oxygens (including phenoxy) is 1. The summed E-state index contributed by atoms with van der Waals surface area (Å²) < 4.78 is 27.9. The molecule has 1 aromatic rings. The van der Waals surface area contributed by atoms with Gasteiger partial charge in [0.05, 0.1) is 16.3 Å². The lowest BCUT2D eigenvalue weighted by molar-refractivity contribution is -0.156. The summed E-state index contributed by atoms with van der Waals surface area (Å²) in [7, 11) is -3.38. The van der Waals surface area contributed by atoms with Crippen LogP contribution in [0.25, 0.3) is 0 Å². The number of benzene rings is 1. The van der Waals surface area contributed by atoms with E-state index in [1.54, 1.807) is 19.1 Å². The molecule has 150 valence electrons. The van der Waals surface area contributed by atoms with Crippen molar-refractivity contribution in [2.45, 2.75) is 32.4 Å². The fraction of sp³-hybridized carbons (Fsp3) is 0.471. The van der Waals surface area contributed by atoms with Gasteiger partial charge in [0.25, 0.3) is 11.8 Å². The molecule has 0 saturated heterocycles. The number of hydrogen-bond acceptors (Lipinski definition) is 6. The van der Waals surface area contributed by atoms with E-state index < -0.39 is 39.8 Å². The minimum absolute atomic E-state index is 0.132. The fourth-order valence-electron chi connectivity index (χ4n) is 2.09. The maximum atomic E-state index is 12.4. The van der Waals surface area contributed by atoms with E-state index in [-0.39, 0.29) is 22.8 Å². The van der Waals surface area contributed by atoms with Crippen LogP contribution in [-0.4, -0.2) is 56.9 Å². The van der Waals surface area contributed by atoms with Gasteiger partial charge in [0.15, 0.2) is 6.10 Å². The largest absolute Gasteiger partial charge is 0.451 e. The first-order valence-electron chi connectivity index (χ1n) is 8.26. The van der Waals surface area contributed by atoms with Gasteiger partial charge in [-0.25, -0.2) is 13.2 Å². The zero-order valence-corrected chi connectivity index (χ0v) is 16.9. The van der Waals surface area contributed by atoms with Crippen molar-refractivity contribution in [1.82, 2.24) is 10.6 Å². The molecule has 0 aliphatic heterocycles. The number of amides is 2. The first kappa shape index (κ1) is 22.9. The molecule has 0 aliphatic rings.